The predicted molar refractivity (Wildman–Crippen MR) is 44.3 cm³/mol. The first-order valence-corrected chi connectivity index (χ1v) is 4.10. The normalized spacial score (nSPS) is 37.5. The lowest BCUT2D eigenvalue weighted by Gasteiger charge is -2.30. The third-order valence-corrected chi connectivity index (χ3v) is 2.47. The number of hydrogen-bond donors (Lipinski definition) is 1. The highest BCUT2D eigenvalue weighted by Crippen LogP contribution is 2.26. The average Bonchev–Trinajstić information content (AvgIpc) is 2.04. The van der Waals surface area contributed by atoms with E-state index in [4.69, 9.17) is 9.84 Å². The summed E-state index contributed by atoms with van der Waals surface area (Å²) in [6.07, 6.45) is 5.35. The lowest BCUT2D eigenvalue weighted by atomic mass is 9.83. The van der Waals surface area contributed by atoms with Crippen LogP contribution in [0.15, 0.2) is 12.2 Å². The first-order chi connectivity index (χ1) is 5.29. The molecule has 1 N–H and O–H groups in total. The van der Waals surface area contributed by atoms with E-state index in [9.17, 15) is 0 Å². The molecule has 0 amide bonds. The smallest absolute Gasteiger partial charge is 0.0804 e. The van der Waals surface area contributed by atoms with E-state index in [1.807, 2.05) is 6.08 Å². The Morgan fingerprint density at radius 2 is 2.36 bits per heavy atom. The largest absolute Gasteiger partial charge is 0.396 e. The van der Waals surface area contributed by atoms with Crippen molar-refractivity contribution in [2.24, 2.45) is 11.8 Å². The van der Waals surface area contributed by atoms with Crippen molar-refractivity contribution in [3.63, 3.8) is 0 Å². The van der Waals surface area contributed by atoms with Gasteiger partial charge in [0.05, 0.1) is 6.10 Å². The van der Waals surface area contributed by atoms with Crippen molar-refractivity contribution in [2.75, 3.05) is 13.7 Å². The van der Waals surface area contributed by atoms with Gasteiger partial charge in [0.2, 0.25) is 0 Å². The number of allylic oxidation sites excluding steroid dienone is 1. The summed E-state index contributed by atoms with van der Waals surface area (Å²) in [7, 11) is 1.69. The molecule has 64 valence electrons. The lowest BCUT2D eigenvalue weighted by molar-refractivity contribution is 0.0271. The van der Waals surface area contributed by atoms with Gasteiger partial charge in [-0.2, -0.15) is 0 Å². The lowest BCUT2D eigenvalue weighted by Crippen LogP contribution is -2.32. The summed E-state index contributed by atoms with van der Waals surface area (Å²) in [5.74, 6) is 0.819. The summed E-state index contributed by atoms with van der Waals surface area (Å²) in [6.45, 7) is 2.38. The molecule has 1 aliphatic rings. The molecule has 1 rings (SSSR count). The van der Waals surface area contributed by atoms with Crippen molar-refractivity contribution < 1.29 is 9.84 Å². The number of aliphatic hydroxyl groups is 1. The minimum Gasteiger partial charge on any atom is -0.396 e. The molecule has 0 aromatic carbocycles. The molecule has 0 aromatic rings. The van der Waals surface area contributed by atoms with Crippen LogP contribution in [-0.4, -0.2) is 24.9 Å². The van der Waals surface area contributed by atoms with Gasteiger partial charge >= 0.3 is 0 Å². The van der Waals surface area contributed by atoms with E-state index in [-0.39, 0.29) is 18.6 Å². The van der Waals surface area contributed by atoms with Crippen LogP contribution in [0, 0.1) is 11.8 Å². The summed E-state index contributed by atoms with van der Waals surface area (Å²) in [5, 5.41) is 9.05. The quantitative estimate of drug-likeness (QED) is 0.609. The molecule has 3 atom stereocenters. The van der Waals surface area contributed by atoms with Crippen LogP contribution in [0.4, 0.5) is 0 Å². The summed E-state index contributed by atoms with van der Waals surface area (Å²) < 4.78 is 5.22. The van der Waals surface area contributed by atoms with E-state index >= 15 is 0 Å². The summed E-state index contributed by atoms with van der Waals surface area (Å²) in [4.78, 5) is 0. The second kappa shape index (κ2) is 3.88. The Hall–Kier alpha value is -0.340. The molecule has 1 aliphatic carbocycles. The third kappa shape index (κ3) is 1.82. The molecular weight excluding hydrogens is 140 g/mol. The minimum atomic E-state index is 0.115. The van der Waals surface area contributed by atoms with Gasteiger partial charge in [-0.15, -0.1) is 0 Å². The molecule has 0 saturated carbocycles. The van der Waals surface area contributed by atoms with Gasteiger partial charge in [-0.05, 0) is 12.3 Å². The number of aliphatic hydroxyl groups excluding tert-OH is 1. The Kier molecular flexibility index (Phi) is 3.09. The Balaban J connectivity index is 2.61. The Morgan fingerprint density at radius 3 is 2.82 bits per heavy atom. The standard InChI is InChI=1S/C9H16O2/c1-7-4-3-5-9(11-2)8(7)6-10/h3,5,7-10H,4,6H2,1-2H3. The number of methoxy groups -OCH3 is 1. The summed E-state index contributed by atoms with van der Waals surface area (Å²) >= 11 is 0. The molecule has 3 unspecified atom stereocenters. The van der Waals surface area contributed by atoms with Gasteiger partial charge in [0.25, 0.3) is 0 Å². The van der Waals surface area contributed by atoms with Crippen LogP contribution in [0.2, 0.25) is 0 Å². The molecule has 0 spiro atoms. The number of rotatable bonds is 2. The van der Waals surface area contributed by atoms with Crippen LogP contribution in [-0.2, 0) is 4.74 Å². The molecule has 0 aromatic heterocycles. The fourth-order valence-electron chi connectivity index (χ4n) is 1.61. The first-order valence-electron chi connectivity index (χ1n) is 4.10. The Morgan fingerprint density at radius 1 is 1.64 bits per heavy atom. The maximum absolute atomic E-state index is 9.05. The molecule has 2 heteroatoms. The van der Waals surface area contributed by atoms with Gasteiger partial charge in [0, 0.05) is 19.6 Å². The van der Waals surface area contributed by atoms with Gasteiger partial charge in [0.1, 0.15) is 0 Å². The highest BCUT2D eigenvalue weighted by Gasteiger charge is 2.26. The maximum Gasteiger partial charge on any atom is 0.0804 e. The Labute approximate surface area is 67.9 Å². The van der Waals surface area contributed by atoms with Gasteiger partial charge < -0.3 is 9.84 Å². The van der Waals surface area contributed by atoms with Crippen molar-refractivity contribution >= 4 is 0 Å². The van der Waals surface area contributed by atoms with Crippen molar-refractivity contribution in [1.82, 2.24) is 0 Å². The topological polar surface area (TPSA) is 29.5 Å². The van der Waals surface area contributed by atoms with E-state index in [1.54, 1.807) is 7.11 Å². The van der Waals surface area contributed by atoms with E-state index < -0.39 is 0 Å². The molecule has 0 radical (unpaired) electrons. The van der Waals surface area contributed by atoms with Gasteiger partial charge in [-0.3, -0.25) is 0 Å². The van der Waals surface area contributed by atoms with Crippen LogP contribution in [0.25, 0.3) is 0 Å². The third-order valence-electron chi connectivity index (χ3n) is 2.47. The fourth-order valence-corrected chi connectivity index (χ4v) is 1.61. The number of ether oxygens (including phenoxy) is 1. The van der Waals surface area contributed by atoms with Crippen LogP contribution in [0.1, 0.15) is 13.3 Å². The van der Waals surface area contributed by atoms with E-state index in [0.717, 1.165) is 6.42 Å². The highest BCUT2D eigenvalue weighted by atomic mass is 16.5. The monoisotopic (exact) mass is 156 g/mol. The zero-order valence-corrected chi connectivity index (χ0v) is 7.16. The van der Waals surface area contributed by atoms with Crippen molar-refractivity contribution in [3.8, 4) is 0 Å². The zero-order chi connectivity index (χ0) is 8.27. The molecular formula is C9H16O2. The van der Waals surface area contributed by atoms with Crippen LogP contribution in [0.3, 0.4) is 0 Å². The molecule has 0 fully saturated rings. The average molecular weight is 156 g/mol. The second-order valence-electron chi connectivity index (χ2n) is 3.19. The molecule has 2 nitrogen and oxygen atoms in total. The summed E-state index contributed by atoms with van der Waals surface area (Å²) in [6, 6.07) is 0. The highest BCUT2D eigenvalue weighted by molar-refractivity contribution is 5.00. The maximum atomic E-state index is 9.05. The van der Waals surface area contributed by atoms with Crippen molar-refractivity contribution in [2.45, 2.75) is 19.4 Å². The van der Waals surface area contributed by atoms with Crippen molar-refractivity contribution in [3.05, 3.63) is 12.2 Å². The van der Waals surface area contributed by atoms with Crippen LogP contribution in [0.5, 0.6) is 0 Å². The molecule has 0 saturated heterocycles. The van der Waals surface area contributed by atoms with Gasteiger partial charge in [0.15, 0.2) is 0 Å². The molecule has 11 heavy (non-hydrogen) atoms. The zero-order valence-electron chi connectivity index (χ0n) is 7.16. The minimum absolute atomic E-state index is 0.115. The molecule has 0 aliphatic heterocycles. The Bertz CT molecular complexity index is 142. The van der Waals surface area contributed by atoms with E-state index in [2.05, 4.69) is 13.0 Å². The van der Waals surface area contributed by atoms with E-state index in [1.165, 1.54) is 0 Å². The summed E-state index contributed by atoms with van der Waals surface area (Å²) in [5.41, 5.74) is 0. The SMILES string of the molecule is COC1C=CCC(C)C1CO. The predicted octanol–water partition coefficient (Wildman–Crippen LogP) is 1.21. The second-order valence-corrected chi connectivity index (χ2v) is 3.19. The molecule has 0 bridgehead atoms. The molecule has 0 heterocycles. The fraction of sp³-hybridized carbons (Fsp3) is 0.778. The van der Waals surface area contributed by atoms with Gasteiger partial charge in [-0.1, -0.05) is 19.1 Å². The van der Waals surface area contributed by atoms with Crippen LogP contribution < -0.4 is 0 Å². The first kappa shape index (κ1) is 8.75. The van der Waals surface area contributed by atoms with Crippen molar-refractivity contribution in [1.29, 1.82) is 0 Å². The van der Waals surface area contributed by atoms with Crippen LogP contribution >= 0.6 is 0 Å². The van der Waals surface area contributed by atoms with E-state index in [0.29, 0.717) is 5.92 Å². The van der Waals surface area contributed by atoms with Gasteiger partial charge in [-0.25, -0.2) is 0 Å². The number of hydrogen-bond acceptors (Lipinski definition) is 2.